The number of nitrogen functional groups attached to an aromatic ring is 1. The summed E-state index contributed by atoms with van der Waals surface area (Å²) in [4.78, 5) is 35.4. The number of benzene rings is 2. The third-order valence-electron chi connectivity index (χ3n) is 3.60. The Morgan fingerprint density at radius 3 is 2.38 bits per heavy atom. The summed E-state index contributed by atoms with van der Waals surface area (Å²) in [6.07, 6.45) is 0.782. The Morgan fingerprint density at radius 1 is 1.00 bits per heavy atom. The number of carbonyl (C=O) groups is 3. The minimum Gasteiger partial charge on any atom is -0.452 e. The summed E-state index contributed by atoms with van der Waals surface area (Å²) >= 11 is 0. The SMILES string of the molecule is CCc1ccccc1NC(=O)CNC(=O)COC(=O)c1ccc(N)cc1. The first-order valence-electron chi connectivity index (χ1n) is 8.16. The average Bonchev–Trinajstić information content (AvgIpc) is 2.65. The van der Waals surface area contributed by atoms with E-state index in [2.05, 4.69) is 10.6 Å². The van der Waals surface area contributed by atoms with Crippen LogP contribution >= 0.6 is 0 Å². The lowest BCUT2D eigenvalue weighted by atomic mass is 10.1. The number of amides is 2. The van der Waals surface area contributed by atoms with Crippen LogP contribution in [0.3, 0.4) is 0 Å². The summed E-state index contributed by atoms with van der Waals surface area (Å²) in [6.45, 7) is 1.31. The molecular weight excluding hydrogens is 334 g/mol. The van der Waals surface area contributed by atoms with Gasteiger partial charge in [0.05, 0.1) is 12.1 Å². The van der Waals surface area contributed by atoms with Crippen LogP contribution in [0.4, 0.5) is 11.4 Å². The zero-order chi connectivity index (χ0) is 18.9. The van der Waals surface area contributed by atoms with Crippen LogP contribution in [0.25, 0.3) is 0 Å². The first-order chi connectivity index (χ1) is 12.5. The Bertz CT molecular complexity index is 788. The molecule has 2 rings (SSSR count). The van der Waals surface area contributed by atoms with Crippen LogP contribution in [-0.2, 0) is 20.7 Å². The molecule has 26 heavy (non-hydrogen) atoms. The fraction of sp³-hybridized carbons (Fsp3) is 0.211. The molecule has 4 N–H and O–H groups in total. The minimum absolute atomic E-state index is 0.212. The summed E-state index contributed by atoms with van der Waals surface area (Å²) in [5, 5.41) is 5.15. The highest BCUT2D eigenvalue weighted by Gasteiger charge is 2.11. The van der Waals surface area contributed by atoms with Crippen molar-refractivity contribution in [2.24, 2.45) is 0 Å². The quantitative estimate of drug-likeness (QED) is 0.518. The molecule has 0 bridgehead atoms. The molecule has 0 aliphatic rings. The lowest BCUT2D eigenvalue weighted by Gasteiger charge is -2.10. The first kappa shape index (κ1) is 19.0. The number of carbonyl (C=O) groups excluding carboxylic acids is 3. The largest absolute Gasteiger partial charge is 0.452 e. The van der Waals surface area contributed by atoms with Crippen LogP contribution in [0.5, 0.6) is 0 Å². The summed E-state index contributed by atoms with van der Waals surface area (Å²) in [5.41, 5.74) is 8.07. The molecule has 0 spiro atoms. The van der Waals surface area contributed by atoms with Gasteiger partial charge in [-0.3, -0.25) is 9.59 Å². The molecule has 136 valence electrons. The van der Waals surface area contributed by atoms with Gasteiger partial charge in [0, 0.05) is 11.4 Å². The lowest BCUT2D eigenvalue weighted by Crippen LogP contribution is -2.35. The Morgan fingerprint density at radius 2 is 1.69 bits per heavy atom. The Hall–Kier alpha value is -3.35. The van der Waals surface area contributed by atoms with Crippen molar-refractivity contribution in [3.8, 4) is 0 Å². The minimum atomic E-state index is -0.638. The topological polar surface area (TPSA) is 111 Å². The third-order valence-corrected chi connectivity index (χ3v) is 3.60. The van der Waals surface area contributed by atoms with Crippen molar-refractivity contribution in [2.45, 2.75) is 13.3 Å². The van der Waals surface area contributed by atoms with E-state index in [4.69, 9.17) is 10.5 Å². The number of hydrogen-bond donors (Lipinski definition) is 3. The van der Waals surface area contributed by atoms with Crippen LogP contribution in [0, 0.1) is 0 Å². The van der Waals surface area contributed by atoms with Gasteiger partial charge in [0.15, 0.2) is 6.61 Å². The molecule has 0 fully saturated rings. The molecule has 0 saturated carbocycles. The van der Waals surface area contributed by atoms with E-state index in [0.29, 0.717) is 16.9 Å². The molecule has 0 aromatic heterocycles. The van der Waals surface area contributed by atoms with Gasteiger partial charge in [-0.25, -0.2) is 4.79 Å². The van der Waals surface area contributed by atoms with Gasteiger partial charge in [-0.05, 0) is 42.3 Å². The van der Waals surface area contributed by atoms with E-state index in [1.54, 1.807) is 18.2 Å². The van der Waals surface area contributed by atoms with Crippen molar-refractivity contribution < 1.29 is 19.1 Å². The second-order valence-corrected chi connectivity index (χ2v) is 5.53. The predicted octanol–water partition coefficient (Wildman–Crippen LogP) is 1.74. The van der Waals surface area contributed by atoms with Crippen molar-refractivity contribution in [3.05, 3.63) is 59.7 Å². The van der Waals surface area contributed by atoms with Crippen molar-refractivity contribution in [1.82, 2.24) is 5.32 Å². The van der Waals surface area contributed by atoms with Gasteiger partial charge in [0.2, 0.25) is 5.91 Å². The van der Waals surface area contributed by atoms with Gasteiger partial charge in [0.1, 0.15) is 0 Å². The van der Waals surface area contributed by atoms with Crippen molar-refractivity contribution >= 4 is 29.2 Å². The Kier molecular flexibility index (Phi) is 6.73. The Balaban J connectivity index is 1.75. The van der Waals surface area contributed by atoms with Gasteiger partial charge in [0.25, 0.3) is 5.91 Å². The summed E-state index contributed by atoms with van der Waals surface area (Å²) in [6, 6.07) is 13.6. The molecule has 2 aromatic carbocycles. The predicted molar refractivity (Wildman–Crippen MR) is 98.6 cm³/mol. The molecule has 2 amide bonds. The molecule has 0 aliphatic carbocycles. The van der Waals surface area contributed by atoms with Crippen LogP contribution in [0.15, 0.2) is 48.5 Å². The zero-order valence-corrected chi connectivity index (χ0v) is 14.5. The number of aryl methyl sites for hydroxylation is 1. The maximum absolute atomic E-state index is 11.9. The van der Waals surface area contributed by atoms with Gasteiger partial charge in [-0.1, -0.05) is 25.1 Å². The average molecular weight is 355 g/mol. The standard InChI is InChI=1S/C19H21N3O4/c1-2-13-5-3-4-6-16(13)22-17(23)11-21-18(24)12-26-19(25)14-7-9-15(20)10-8-14/h3-10H,2,11-12,20H2,1H3,(H,21,24)(H,22,23). The van der Waals surface area contributed by atoms with Gasteiger partial charge >= 0.3 is 5.97 Å². The van der Waals surface area contributed by atoms with Crippen LogP contribution in [-0.4, -0.2) is 30.9 Å². The molecule has 0 radical (unpaired) electrons. The van der Waals surface area contributed by atoms with E-state index in [9.17, 15) is 14.4 Å². The highest BCUT2D eigenvalue weighted by molar-refractivity contribution is 5.96. The van der Waals surface area contributed by atoms with Crippen LogP contribution in [0.2, 0.25) is 0 Å². The maximum Gasteiger partial charge on any atom is 0.338 e. The first-order valence-corrected chi connectivity index (χ1v) is 8.16. The molecule has 7 heteroatoms. The lowest BCUT2D eigenvalue weighted by molar-refractivity contribution is -0.126. The monoisotopic (exact) mass is 355 g/mol. The van der Waals surface area contributed by atoms with E-state index in [-0.39, 0.29) is 12.5 Å². The normalized spacial score (nSPS) is 10.0. The maximum atomic E-state index is 11.9. The van der Waals surface area contributed by atoms with Crippen molar-refractivity contribution in [3.63, 3.8) is 0 Å². The number of esters is 1. The highest BCUT2D eigenvalue weighted by Crippen LogP contribution is 2.14. The van der Waals surface area contributed by atoms with Crippen molar-refractivity contribution in [2.75, 3.05) is 24.2 Å². The fourth-order valence-corrected chi connectivity index (χ4v) is 2.21. The Labute approximate surface area is 151 Å². The number of nitrogens with one attached hydrogen (secondary N) is 2. The van der Waals surface area contributed by atoms with Gasteiger partial charge in [-0.2, -0.15) is 0 Å². The number of nitrogens with two attached hydrogens (primary N) is 1. The second kappa shape index (κ2) is 9.22. The highest BCUT2D eigenvalue weighted by atomic mass is 16.5. The molecule has 2 aromatic rings. The van der Waals surface area contributed by atoms with E-state index in [1.807, 2.05) is 25.1 Å². The number of rotatable bonds is 7. The number of hydrogen-bond acceptors (Lipinski definition) is 5. The van der Waals surface area contributed by atoms with Crippen LogP contribution < -0.4 is 16.4 Å². The molecule has 0 aliphatic heterocycles. The van der Waals surface area contributed by atoms with E-state index in [1.165, 1.54) is 12.1 Å². The van der Waals surface area contributed by atoms with Gasteiger partial charge in [-0.15, -0.1) is 0 Å². The molecule has 0 saturated heterocycles. The van der Waals surface area contributed by atoms with Crippen molar-refractivity contribution in [1.29, 1.82) is 0 Å². The summed E-state index contributed by atoms with van der Waals surface area (Å²) in [7, 11) is 0. The molecule has 0 unspecified atom stereocenters. The molecule has 0 atom stereocenters. The summed E-state index contributed by atoms with van der Waals surface area (Å²) < 4.78 is 4.89. The molecule has 7 nitrogen and oxygen atoms in total. The van der Waals surface area contributed by atoms with E-state index < -0.39 is 18.5 Å². The number of ether oxygens (including phenoxy) is 1. The van der Waals surface area contributed by atoms with Crippen LogP contribution in [0.1, 0.15) is 22.8 Å². The second-order valence-electron chi connectivity index (χ2n) is 5.53. The van der Waals surface area contributed by atoms with E-state index >= 15 is 0 Å². The smallest absolute Gasteiger partial charge is 0.338 e. The number of para-hydroxylation sites is 1. The third kappa shape index (κ3) is 5.62. The van der Waals surface area contributed by atoms with Gasteiger partial charge < -0.3 is 21.1 Å². The van der Waals surface area contributed by atoms with E-state index in [0.717, 1.165) is 12.0 Å². The fourth-order valence-electron chi connectivity index (χ4n) is 2.21. The molecule has 0 heterocycles. The number of anilines is 2. The molecular formula is C19H21N3O4. The zero-order valence-electron chi connectivity index (χ0n) is 14.5. The summed E-state index contributed by atoms with van der Waals surface area (Å²) in [5.74, 6) is -1.56.